The molecule has 4 heterocycles. The zero-order valence-corrected chi connectivity index (χ0v) is 19.0. The first kappa shape index (κ1) is 24.2. The summed E-state index contributed by atoms with van der Waals surface area (Å²) in [6.45, 7) is -1.39. The highest BCUT2D eigenvalue weighted by Crippen LogP contribution is 2.36. The Balaban J connectivity index is 1.42. The van der Waals surface area contributed by atoms with Gasteiger partial charge in [-0.15, -0.1) is 0 Å². The van der Waals surface area contributed by atoms with E-state index < -0.39 is 43.4 Å². The van der Waals surface area contributed by atoms with Gasteiger partial charge in [-0.2, -0.15) is 15.5 Å². The first-order valence-electron chi connectivity index (χ1n) is 10.9. The number of anilines is 1. The molecule has 1 saturated heterocycles. The van der Waals surface area contributed by atoms with E-state index in [1.807, 2.05) is 18.0 Å². The summed E-state index contributed by atoms with van der Waals surface area (Å²) < 4.78 is 40.8. The minimum atomic E-state index is -1.88. The van der Waals surface area contributed by atoms with E-state index in [-0.39, 0.29) is 12.1 Å². The number of nitrogens with zero attached hydrogens (tertiary/aromatic N) is 7. The van der Waals surface area contributed by atoms with Crippen molar-refractivity contribution >= 4 is 11.7 Å². The van der Waals surface area contributed by atoms with Gasteiger partial charge in [0.15, 0.2) is 0 Å². The Kier molecular flexibility index (Phi) is 6.72. The van der Waals surface area contributed by atoms with Gasteiger partial charge in [0.25, 0.3) is 5.91 Å². The standard InChI is InChI=1S/C22H24F3N9O/c1-15-17(5-30-32-15)16-4-31-34(8-16)22(2-3-26)13-33(14-22)19-7-27-18(6-28-19)20(35)29-12-21(9-23,10-24)11-25/h4-8H,2,9-14H2,1H3,(H,29,35)(H,30,32). The molecule has 0 unspecified atom stereocenters. The number of aromatic amines is 1. The van der Waals surface area contributed by atoms with Crippen molar-refractivity contribution in [3.05, 3.63) is 42.4 Å². The average Bonchev–Trinajstić information content (AvgIpc) is 3.51. The van der Waals surface area contributed by atoms with Crippen LogP contribution < -0.4 is 10.2 Å². The van der Waals surface area contributed by atoms with Gasteiger partial charge >= 0.3 is 0 Å². The summed E-state index contributed by atoms with van der Waals surface area (Å²) in [5, 5.41) is 23.1. The first-order chi connectivity index (χ1) is 16.9. The molecule has 1 fully saturated rings. The number of alkyl halides is 3. The van der Waals surface area contributed by atoms with Gasteiger partial charge in [0, 0.05) is 43.2 Å². The van der Waals surface area contributed by atoms with E-state index in [0.29, 0.717) is 18.9 Å². The number of amides is 1. The zero-order chi connectivity index (χ0) is 25.1. The number of aryl methyl sites for hydroxylation is 1. The van der Waals surface area contributed by atoms with Crippen molar-refractivity contribution in [2.75, 3.05) is 44.6 Å². The highest BCUT2D eigenvalue weighted by atomic mass is 19.1. The summed E-state index contributed by atoms with van der Waals surface area (Å²) in [4.78, 5) is 22.5. The third-order valence-electron chi connectivity index (χ3n) is 6.26. The summed E-state index contributed by atoms with van der Waals surface area (Å²) in [6, 6.07) is 2.23. The smallest absolute Gasteiger partial charge is 0.271 e. The van der Waals surface area contributed by atoms with Crippen molar-refractivity contribution in [1.29, 1.82) is 5.26 Å². The molecule has 3 aromatic heterocycles. The summed E-state index contributed by atoms with van der Waals surface area (Å²) in [5.41, 5.74) is 0.179. The molecule has 184 valence electrons. The van der Waals surface area contributed by atoms with Crippen molar-refractivity contribution in [3.8, 4) is 17.2 Å². The maximum atomic E-state index is 13.0. The Hall–Kier alpha value is -3.95. The monoisotopic (exact) mass is 487 g/mol. The van der Waals surface area contributed by atoms with Crippen molar-refractivity contribution in [2.24, 2.45) is 5.41 Å². The molecule has 4 rings (SSSR count). The molecule has 10 nitrogen and oxygen atoms in total. The Morgan fingerprint density at radius 3 is 2.54 bits per heavy atom. The molecular weight excluding hydrogens is 463 g/mol. The molecule has 0 spiro atoms. The van der Waals surface area contributed by atoms with Crippen LogP contribution in [0.4, 0.5) is 19.0 Å². The van der Waals surface area contributed by atoms with Crippen LogP contribution in [0.1, 0.15) is 22.6 Å². The summed E-state index contributed by atoms with van der Waals surface area (Å²) >= 11 is 0. The Labute approximate surface area is 199 Å². The van der Waals surface area contributed by atoms with Crippen LogP contribution in [0.3, 0.4) is 0 Å². The number of rotatable bonds is 10. The van der Waals surface area contributed by atoms with Gasteiger partial charge in [-0.25, -0.2) is 9.97 Å². The number of hydrogen-bond donors (Lipinski definition) is 2. The van der Waals surface area contributed by atoms with Crippen molar-refractivity contribution in [3.63, 3.8) is 0 Å². The summed E-state index contributed by atoms with van der Waals surface area (Å²) in [6.07, 6.45) is 8.29. The lowest BCUT2D eigenvalue weighted by Crippen LogP contribution is -2.63. The number of carbonyl (C=O) groups excluding carboxylic acids is 1. The van der Waals surface area contributed by atoms with E-state index in [4.69, 9.17) is 0 Å². The number of halogens is 3. The molecule has 0 aliphatic carbocycles. The molecule has 0 radical (unpaired) electrons. The lowest BCUT2D eigenvalue weighted by molar-refractivity contribution is 0.0836. The number of nitrogens with one attached hydrogen (secondary N) is 2. The highest BCUT2D eigenvalue weighted by molar-refractivity contribution is 5.92. The van der Waals surface area contributed by atoms with E-state index in [1.165, 1.54) is 12.4 Å². The molecule has 1 aliphatic heterocycles. The molecule has 0 atom stereocenters. The van der Waals surface area contributed by atoms with E-state index in [0.717, 1.165) is 16.8 Å². The van der Waals surface area contributed by atoms with Gasteiger partial charge in [0.1, 0.15) is 37.1 Å². The molecule has 35 heavy (non-hydrogen) atoms. The Morgan fingerprint density at radius 2 is 1.97 bits per heavy atom. The van der Waals surface area contributed by atoms with Crippen LogP contribution in [-0.2, 0) is 5.54 Å². The highest BCUT2D eigenvalue weighted by Gasteiger charge is 2.46. The lowest BCUT2D eigenvalue weighted by atomic mass is 9.87. The third kappa shape index (κ3) is 4.55. The number of hydrogen-bond acceptors (Lipinski definition) is 7. The van der Waals surface area contributed by atoms with Gasteiger partial charge in [0.05, 0.1) is 42.2 Å². The van der Waals surface area contributed by atoms with Crippen LogP contribution in [0.5, 0.6) is 0 Å². The quantitative estimate of drug-likeness (QED) is 0.448. The van der Waals surface area contributed by atoms with Crippen LogP contribution in [0.15, 0.2) is 31.0 Å². The van der Waals surface area contributed by atoms with Gasteiger partial charge in [-0.3, -0.25) is 27.7 Å². The molecular formula is C22H24F3N9O. The molecule has 13 heteroatoms. The van der Waals surface area contributed by atoms with E-state index in [2.05, 4.69) is 36.7 Å². The molecule has 1 aliphatic rings. The van der Waals surface area contributed by atoms with Crippen molar-refractivity contribution < 1.29 is 18.0 Å². The molecule has 3 aromatic rings. The molecule has 1 amide bonds. The average molecular weight is 487 g/mol. The van der Waals surface area contributed by atoms with E-state index >= 15 is 0 Å². The minimum Gasteiger partial charge on any atom is -0.350 e. The lowest BCUT2D eigenvalue weighted by Gasteiger charge is -2.49. The van der Waals surface area contributed by atoms with Crippen LogP contribution in [0.25, 0.3) is 11.1 Å². The normalized spacial score (nSPS) is 14.9. The largest absolute Gasteiger partial charge is 0.350 e. The van der Waals surface area contributed by atoms with Crippen molar-refractivity contribution in [2.45, 2.75) is 18.9 Å². The zero-order valence-electron chi connectivity index (χ0n) is 19.0. The first-order valence-corrected chi connectivity index (χ1v) is 10.9. The van der Waals surface area contributed by atoms with Gasteiger partial charge in [-0.1, -0.05) is 0 Å². The maximum absolute atomic E-state index is 13.0. The van der Waals surface area contributed by atoms with E-state index in [1.54, 1.807) is 17.1 Å². The van der Waals surface area contributed by atoms with Gasteiger partial charge < -0.3 is 10.2 Å². The van der Waals surface area contributed by atoms with E-state index in [9.17, 15) is 23.2 Å². The predicted octanol–water partition coefficient (Wildman–Crippen LogP) is 2.13. The second-order valence-electron chi connectivity index (χ2n) is 8.82. The fourth-order valence-electron chi connectivity index (χ4n) is 3.89. The SMILES string of the molecule is Cc1n[nH]cc1-c1cnn(C2(CC#N)CN(c3cnc(C(=O)NCC(CF)(CF)CF)cn3)C2)c1. The van der Waals surface area contributed by atoms with Gasteiger partial charge in [0.2, 0.25) is 0 Å². The molecule has 0 saturated carbocycles. The van der Waals surface area contributed by atoms with Crippen LogP contribution in [0, 0.1) is 23.7 Å². The van der Waals surface area contributed by atoms with Crippen LogP contribution in [0.2, 0.25) is 0 Å². The fraction of sp³-hybridized carbons (Fsp3) is 0.455. The Morgan fingerprint density at radius 1 is 1.23 bits per heavy atom. The second-order valence-corrected chi connectivity index (χ2v) is 8.82. The second kappa shape index (κ2) is 9.73. The third-order valence-corrected chi connectivity index (χ3v) is 6.26. The van der Waals surface area contributed by atoms with Gasteiger partial charge in [-0.05, 0) is 6.92 Å². The number of nitriles is 1. The molecule has 0 bridgehead atoms. The molecule has 0 aromatic carbocycles. The number of aromatic nitrogens is 6. The number of carbonyl (C=O) groups is 1. The summed E-state index contributed by atoms with van der Waals surface area (Å²) in [5.74, 6) is -0.205. The van der Waals surface area contributed by atoms with Crippen LogP contribution in [-0.4, -0.2) is 75.5 Å². The summed E-state index contributed by atoms with van der Waals surface area (Å²) in [7, 11) is 0. The minimum absolute atomic E-state index is 0.0600. The topological polar surface area (TPSA) is 128 Å². The predicted molar refractivity (Wildman–Crippen MR) is 120 cm³/mol. The van der Waals surface area contributed by atoms with Crippen molar-refractivity contribution in [1.82, 2.24) is 35.3 Å². The van der Waals surface area contributed by atoms with Crippen LogP contribution >= 0.6 is 0 Å². The fourth-order valence-corrected chi connectivity index (χ4v) is 3.89. The number of H-pyrrole nitrogens is 1. The molecule has 2 N–H and O–H groups in total. The maximum Gasteiger partial charge on any atom is 0.271 e. The Bertz CT molecular complexity index is 1200.